The number of aromatic nitrogens is 1. The Morgan fingerprint density at radius 1 is 1.07 bits per heavy atom. The van der Waals surface area contributed by atoms with Gasteiger partial charge in [-0.15, -0.1) is 34.0 Å². The van der Waals surface area contributed by atoms with E-state index < -0.39 is 5.97 Å². The second-order valence-corrected chi connectivity index (χ2v) is 9.13. The van der Waals surface area contributed by atoms with Crippen LogP contribution in [0.25, 0.3) is 0 Å². The number of thiophene rings is 2. The molecule has 3 aromatic heterocycles. The van der Waals surface area contributed by atoms with E-state index >= 15 is 0 Å². The van der Waals surface area contributed by atoms with Gasteiger partial charge in [0.1, 0.15) is 10.0 Å². The number of hydrogen-bond acceptors (Lipinski definition) is 8. The molecule has 6 N–H and O–H groups in total. The number of anilines is 2. The summed E-state index contributed by atoms with van der Waals surface area (Å²) < 4.78 is 0. The fourth-order valence-corrected chi connectivity index (χ4v) is 5.11. The summed E-state index contributed by atoms with van der Waals surface area (Å²) in [6.45, 7) is 0.492. The number of nitrogens with zero attached hydrogens (tertiary/aromatic N) is 1. The highest BCUT2D eigenvalue weighted by molar-refractivity contribution is 7.14. The van der Waals surface area contributed by atoms with Crippen molar-refractivity contribution in [3.8, 4) is 0 Å². The Labute approximate surface area is 174 Å². The van der Waals surface area contributed by atoms with Crippen molar-refractivity contribution in [2.24, 2.45) is 0 Å². The molecule has 3 heterocycles. The number of carboxylic acid groups (broad SMARTS) is 1. The Morgan fingerprint density at radius 3 is 2.25 bits per heavy atom. The lowest BCUT2D eigenvalue weighted by Gasteiger charge is -2.06. The smallest absolute Gasteiger partial charge is 0.338 e. The van der Waals surface area contributed by atoms with Crippen LogP contribution >= 0.6 is 34.0 Å². The van der Waals surface area contributed by atoms with Gasteiger partial charge in [-0.05, 0) is 48.6 Å². The first-order chi connectivity index (χ1) is 13.5. The molecule has 3 aromatic rings. The van der Waals surface area contributed by atoms with Crippen LogP contribution in [0.2, 0.25) is 0 Å². The summed E-state index contributed by atoms with van der Waals surface area (Å²) in [5, 5.41) is 16.7. The molecule has 1 aliphatic rings. The second-order valence-electron chi connectivity index (χ2n) is 6.07. The minimum Gasteiger partial charge on any atom is -0.478 e. The second kappa shape index (κ2) is 9.18. The molecule has 0 saturated carbocycles. The lowest BCUT2D eigenvalue weighted by Crippen LogP contribution is -2.23. The average Bonchev–Trinajstić information content (AvgIpc) is 3.39. The maximum absolute atomic E-state index is 11.9. The fraction of sp³-hybridized carbons (Fsp3) is 0.278. The van der Waals surface area contributed by atoms with Crippen molar-refractivity contribution in [2.75, 3.05) is 11.5 Å². The average molecular weight is 437 g/mol. The molecule has 0 fully saturated rings. The number of rotatable bonds is 4. The SMILES string of the molecule is Nc1sccc1C(=O)NCc1nc2c(s1)CCCC2.Nc1sccc1C(=O)O. The zero-order chi connectivity index (χ0) is 20.1. The summed E-state index contributed by atoms with van der Waals surface area (Å²) in [5.41, 5.74) is 13.0. The third kappa shape index (κ3) is 4.89. The van der Waals surface area contributed by atoms with Gasteiger partial charge in [0.05, 0.1) is 28.4 Å². The van der Waals surface area contributed by atoms with Crippen LogP contribution in [-0.2, 0) is 19.4 Å². The predicted octanol–water partition coefficient (Wildman–Crippen LogP) is 3.62. The van der Waals surface area contributed by atoms with Gasteiger partial charge in [0.15, 0.2) is 0 Å². The third-order valence-corrected chi connectivity index (χ3v) is 6.80. The summed E-state index contributed by atoms with van der Waals surface area (Å²) >= 11 is 4.33. The Morgan fingerprint density at radius 2 is 1.71 bits per heavy atom. The number of aromatic carboxylic acids is 1. The Bertz CT molecular complexity index is 953. The summed E-state index contributed by atoms with van der Waals surface area (Å²) in [6, 6.07) is 3.24. The standard InChI is InChI=1S/C13H15N3OS2.C5H5NO2S/c14-12-8(5-6-18-12)13(17)15-7-11-16-9-3-1-2-4-10(9)19-11;6-4-3(5(7)8)1-2-9-4/h5-6H,1-4,7,14H2,(H,15,17);1-2H,6H2,(H,7,8). The van der Waals surface area contributed by atoms with Gasteiger partial charge in [0.2, 0.25) is 0 Å². The summed E-state index contributed by atoms with van der Waals surface area (Å²) in [4.78, 5) is 28.1. The van der Waals surface area contributed by atoms with Crippen LogP contribution in [0.1, 0.15) is 49.1 Å². The fourth-order valence-electron chi connectivity index (χ4n) is 2.74. The number of carbonyl (C=O) groups excluding carboxylic acids is 1. The van der Waals surface area contributed by atoms with Crippen molar-refractivity contribution in [3.63, 3.8) is 0 Å². The van der Waals surface area contributed by atoms with Gasteiger partial charge in [-0.2, -0.15) is 0 Å². The predicted molar refractivity (Wildman–Crippen MR) is 114 cm³/mol. The van der Waals surface area contributed by atoms with Crippen molar-refractivity contribution in [2.45, 2.75) is 32.2 Å². The number of aryl methyl sites for hydroxylation is 2. The Kier molecular flexibility index (Phi) is 6.65. The topological polar surface area (TPSA) is 131 Å². The lowest BCUT2D eigenvalue weighted by atomic mass is 10.0. The van der Waals surface area contributed by atoms with Gasteiger partial charge in [0, 0.05) is 4.88 Å². The van der Waals surface area contributed by atoms with E-state index in [9.17, 15) is 9.59 Å². The van der Waals surface area contributed by atoms with E-state index in [2.05, 4.69) is 10.3 Å². The molecule has 0 atom stereocenters. The first kappa shape index (κ1) is 20.3. The van der Waals surface area contributed by atoms with Crippen LogP contribution in [-0.4, -0.2) is 22.0 Å². The first-order valence-corrected chi connectivity index (χ1v) is 11.2. The number of nitrogens with two attached hydrogens (primary N) is 2. The van der Waals surface area contributed by atoms with E-state index in [1.54, 1.807) is 22.8 Å². The highest BCUT2D eigenvalue weighted by atomic mass is 32.1. The van der Waals surface area contributed by atoms with Crippen molar-refractivity contribution in [3.05, 3.63) is 49.6 Å². The van der Waals surface area contributed by atoms with Crippen molar-refractivity contribution < 1.29 is 14.7 Å². The van der Waals surface area contributed by atoms with E-state index in [0.717, 1.165) is 17.8 Å². The molecule has 1 amide bonds. The van der Waals surface area contributed by atoms with Crippen LogP contribution in [0.15, 0.2) is 22.9 Å². The molecule has 0 saturated heterocycles. The largest absolute Gasteiger partial charge is 0.478 e. The summed E-state index contributed by atoms with van der Waals surface area (Å²) in [5.74, 6) is -1.08. The minimum atomic E-state index is -0.964. The molecular formula is C18H20N4O3S3. The molecule has 4 rings (SSSR count). The quantitative estimate of drug-likeness (QED) is 0.494. The van der Waals surface area contributed by atoms with Gasteiger partial charge in [-0.25, -0.2) is 9.78 Å². The van der Waals surface area contributed by atoms with E-state index in [4.69, 9.17) is 16.6 Å². The minimum absolute atomic E-state index is 0.119. The molecule has 1 aliphatic carbocycles. The Balaban J connectivity index is 0.000000211. The monoisotopic (exact) mass is 436 g/mol. The van der Waals surface area contributed by atoms with Crippen molar-refractivity contribution in [1.82, 2.24) is 10.3 Å². The van der Waals surface area contributed by atoms with Crippen LogP contribution in [0, 0.1) is 0 Å². The number of amides is 1. The maximum Gasteiger partial charge on any atom is 0.338 e. The molecule has 10 heteroatoms. The normalized spacial score (nSPS) is 12.6. The van der Waals surface area contributed by atoms with Crippen molar-refractivity contribution >= 4 is 55.9 Å². The maximum atomic E-state index is 11.9. The lowest BCUT2D eigenvalue weighted by molar-refractivity contribution is 0.0698. The highest BCUT2D eigenvalue weighted by Gasteiger charge is 2.16. The molecule has 0 radical (unpaired) electrons. The van der Waals surface area contributed by atoms with E-state index in [1.807, 2.05) is 5.38 Å². The van der Waals surface area contributed by atoms with E-state index in [1.165, 1.54) is 52.2 Å². The molecule has 7 nitrogen and oxygen atoms in total. The number of nitrogen functional groups attached to an aromatic ring is 2. The molecular weight excluding hydrogens is 416 g/mol. The number of carbonyl (C=O) groups is 2. The molecule has 0 unspecified atom stereocenters. The molecule has 0 bridgehead atoms. The van der Waals surface area contributed by atoms with Crippen molar-refractivity contribution in [1.29, 1.82) is 0 Å². The number of fused-ring (bicyclic) bond motifs is 1. The first-order valence-electron chi connectivity index (χ1n) is 8.60. The zero-order valence-corrected chi connectivity index (χ0v) is 17.4. The molecule has 0 aliphatic heterocycles. The van der Waals surface area contributed by atoms with Gasteiger partial charge >= 0.3 is 5.97 Å². The van der Waals surface area contributed by atoms with Gasteiger partial charge in [-0.3, -0.25) is 4.79 Å². The van der Waals surface area contributed by atoms with Gasteiger partial charge in [-0.1, -0.05) is 0 Å². The van der Waals surface area contributed by atoms with Crippen LogP contribution in [0.5, 0.6) is 0 Å². The van der Waals surface area contributed by atoms with Crippen LogP contribution in [0.4, 0.5) is 10.0 Å². The van der Waals surface area contributed by atoms with Gasteiger partial charge < -0.3 is 21.9 Å². The van der Waals surface area contributed by atoms with Crippen LogP contribution < -0.4 is 16.8 Å². The highest BCUT2D eigenvalue weighted by Crippen LogP contribution is 2.26. The number of hydrogen-bond donors (Lipinski definition) is 4. The molecule has 28 heavy (non-hydrogen) atoms. The van der Waals surface area contributed by atoms with Gasteiger partial charge in [0.25, 0.3) is 5.91 Å². The van der Waals surface area contributed by atoms with E-state index in [-0.39, 0.29) is 11.5 Å². The number of nitrogens with one attached hydrogen (secondary N) is 1. The summed E-state index contributed by atoms with van der Waals surface area (Å²) in [6.07, 6.45) is 4.70. The third-order valence-electron chi connectivity index (χ3n) is 4.16. The Hall–Kier alpha value is -2.43. The van der Waals surface area contributed by atoms with Crippen LogP contribution in [0.3, 0.4) is 0 Å². The molecule has 148 valence electrons. The zero-order valence-electron chi connectivity index (χ0n) is 14.9. The molecule has 0 spiro atoms. The van der Waals surface area contributed by atoms with E-state index in [0.29, 0.717) is 22.1 Å². The number of thiazole rings is 1. The number of carboxylic acids is 1. The molecule has 0 aromatic carbocycles. The summed E-state index contributed by atoms with van der Waals surface area (Å²) in [7, 11) is 0.